The van der Waals surface area contributed by atoms with Crippen LogP contribution in [0.2, 0.25) is 0 Å². The molecule has 0 fully saturated rings. The average Bonchev–Trinajstić information content (AvgIpc) is 3.34. The standard InChI is InChI=1S/C20H15N5O3S/c26-19-10-28-15-8-12(5-6-13(15)22-19)21-20(27)23-18-9-14(24-25-18)17-7-11-3-1-2-4-16(11)29-17/h1-9H,10H2,(H,22,26)(H3,21,23,24,25,27). The minimum absolute atomic E-state index is 0.0452. The zero-order chi connectivity index (χ0) is 19.8. The molecule has 0 saturated carbocycles. The van der Waals surface area contributed by atoms with Gasteiger partial charge in [0.1, 0.15) is 5.75 Å². The highest BCUT2D eigenvalue weighted by atomic mass is 32.1. The molecule has 4 aromatic rings. The molecule has 3 heterocycles. The van der Waals surface area contributed by atoms with E-state index in [2.05, 4.69) is 44.3 Å². The molecule has 5 rings (SSSR count). The number of carbonyl (C=O) groups is 2. The molecular weight excluding hydrogens is 390 g/mol. The number of fused-ring (bicyclic) bond motifs is 2. The first-order valence-corrected chi connectivity index (χ1v) is 9.65. The lowest BCUT2D eigenvalue weighted by atomic mass is 10.2. The second-order valence-corrected chi connectivity index (χ2v) is 7.53. The topological polar surface area (TPSA) is 108 Å². The monoisotopic (exact) mass is 405 g/mol. The van der Waals surface area contributed by atoms with Gasteiger partial charge in [-0.3, -0.25) is 15.2 Å². The van der Waals surface area contributed by atoms with Crippen LogP contribution in [0, 0.1) is 0 Å². The normalized spacial score (nSPS) is 12.8. The summed E-state index contributed by atoms with van der Waals surface area (Å²) in [6, 6.07) is 16.6. The fourth-order valence-electron chi connectivity index (χ4n) is 3.06. The minimum Gasteiger partial charge on any atom is -0.482 e. The van der Waals surface area contributed by atoms with E-state index in [9.17, 15) is 9.59 Å². The van der Waals surface area contributed by atoms with Gasteiger partial charge in [-0.2, -0.15) is 5.10 Å². The molecule has 0 atom stereocenters. The van der Waals surface area contributed by atoms with Crippen LogP contribution in [-0.4, -0.2) is 28.7 Å². The zero-order valence-electron chi connectivity index (χ0n) is 15.0. The molecule has 0 radical (unpaired) electrons. The summed E-state index contributed by atoms with van der Waals surface area (Å²) in [7, 11) is 0. The highest BCUT2D eigenvalue weighted by Crippen LogP contribution is 2.33. The Morgan fingerprint density at radius 2 is 2.00 bits per heavy atom. The molecule has 1 aliphatic rings. The molecule has 2 aromatic carbocycles. The lowest BCUT2D eigenvalue weighted by Crippen LogP contribution is -2.25. The Hall–Kier alpha value is -3.85. The van der Waals surface area contributed by atoms with Gasteiger partial charge in [-0.15, -0.1) is 11.3 Å². The third kappa shape index (κ3) is 3.50. The predicted molar refractivity (Wildman–Crippen MR) is 113 cm³/mol. The third-order valence-corrected chi connectivity index (χ3v) is 5.53. The lowest BCUT2D eigenvalue weighted by Gasteiger charge is -2.18. The summed E-state index contributed by atoms with van der Waals surface area (Å²) in [4.78, 5) is 24.7. The van der Waals surface area contributed by atoms with E-state index in [1.165, 1.54) is 10.1 Å². The Balaban J connectivity index is 1.27. The third-order valence-electron chi connectivity index (χ3n) is 4.38. The van der Waals surface area contributed by atoms with E-state index in [1.807, 2.05) is 12.1 Å². The number of hydrogen-bond acceptors (Lipinski definition) is 5. The van der Waals surface area contributed by atoms with E-state index in [0.717, 1.165) is 10.6 Å². The summed E-state index contributed by atoms with van der Waals surface area (Å²) in [5.74, 6) is 0.717. The largest absolute Gasteiger partial charge is 0.482 e. The lowest BCUT2D eigenvalue weighted by molar-refractivity contribution is -0.118. The molecule has 0 unspecified atom stereocenters. The number of aromatic nitrogens is 2. The molecule has 4 N–H and O–H groups in total. The molecule has 3 amide bonds. The van der Waals surface area contributed by atoms with Gasteiger partial charge in [-0.1, -0.05) is 18.2 Å². The minimum atomic E-state index is -0.431. The Morgan fingerprint density at radius 1 is 1.10 bits per heavy atom. The maximum absolute atomic E-state index is 12.3. The van der Waals surface area contributed by atoms with E-state index in [0.29, 0.717) is 22.9 Å². The van der Waals surface area contributed by atoms with E-state index < -0.39 is 6.03 Å². The molecule has 0 saturated heterocycles. The number of H-pyrrole nitrogens is 1. The van der Waals surface area contributed by atoms with Crippen LogP contribution >= 0.6 is 11.3 Å². The van der Waals surface area contributed by atoms with Gasteiger partial charge in [-0.25, -0.2) is 4.79 Å². The number of aromatic amines is 1. The van der Waals surface area contributed by atoms with Crippen LogP contribution in [0.3, 0.4) is 0 Å². The average molecular weight is 405 g/mol. The Labute approximate surface area is 168 Å². The highest BCUT2D eigenvalue weighted by Gasteiger charge is 2.17. The van der Waals surface area contributed by atoms with E-state index in [4.69, 9.17) is 4.74 Å². The fraction of sp³-hybridized carbons (Fsp3) is 0.0500. The first kappa shape index (κ1) is 17.3. The summed E-state index contributed by atoms with van der Waals surface area (Å²) in [6.07, 6.45) is 0. The van der Waals surface area contributed by atoms with Crippen molar-refractivity contribution in [2.24, 2.45) is 0 Å². The molecule has 0 spiro atoms. The van der Waals surface area contributed by atoms with E-state index >= 15 is 0 Å². The SMILES string of the molecule is O=C1COc2cc(NC(=O)Nc3cc(-c4cc5ccccc5s4)[nH]n3)ccc2N1. The van der Waals surface area contributed by atoms with Crippen LogP contribution in [0.25, 0.3) is 20.7 Å². The van der Waals surface area contributed by atoms with Crippen LogP contribution in [0.4, 0.5) is 22.0 Å². The van der Waals surface area contributed by atoms with Gasteiger partial charge in [0.05, 0.1) is 16.3 Å². The second kappa shape index (κ2) is 6.95. The van der Waals surface area contributed by atoms with Crippen molar-refractivity contribution in [3.63, 3.8) is 0 Å². The van der Waals surface area contributed by atoms with Gasteiger partial charge >= 0.3 is 6.03 Å². The number of anilines is 3. The number of hydrogen-bond donors (Lipinski definition) is 4. The van der Waals surface area contributed by atoms with Crippen molar-refractivity contribution >= 4 is 50.6 Å². The van der Waals surface area contributed by atoms with Gasteiger partial charge in [-0.05, 0) is 29.7 Å². The van der Waals surface area contributed by atoms with Crippen LogP contribution in [0.5, 0.6) is 5.75 Å². The summed E-state index contributed by atoms with van der Waals surface area (Å²) in [5, 5.41) is 16.4. The molecule has 8 nitrogen and oxygen atoms in total. The van der Waals surface area contributed by atoms with Gasteiger partial charge < -0.3 is 15.4 Å². The van der Waals surface area contributed by atoms with Crippen molar-refractivity contribution in [1.29, 1.82) is 0 Å². The van der Waals surface area contributed by atoms with Crippen molar-refractivity contribution < 1.29 is 14.3 Å². The number of thiophene rings is 1. The first-order chi connectivity index (χ1) is 14.1. The number of carbonyl (C=O) groups excluding carboxylic acids is 2. The van der Waals surface area contributed by atoms with Crippen LogP contribution in [0.1, 0.15) is 0 Å². The quantitative estimate of drug-likeness (QED) is 0.408. The van der Waals surface area contributed by atoms with Gasteiger partial charge in [0.25, 0.3) is 5.91 Å². The Bertz CT molecular complexity index is 1210. The Kier molecular flexibility index (Phi) is 4.14. The number of nitrogens with zero attached hydrogens (tertiary/aromatic N) is 1. The predicted octanol–water partition coefficient (Wildman–Crippen LogP) is 4.27. The maximum Gasteiger partial charge on any atom is 0.324 e. The Morgan fingerprint density at radius 3 is 2.90 bits per heavy atom. The number of urea groups is 1. The summed E-state index contributed by atoms with van der Waals surface area (Å²) in [6.45, 7) is -0.0452. The first-order valence-electron chi connectivity index (χ1n) is 8.83. The van der Waals surface area contributed by atoms with E-state index in [-0.39, 0.29) is 12.5 Å². The number of rotatable bonds is 3. The highest BCUT2D eigenvalue weighted by molar-refractivity contribution is 7.22. The van der Waals surface area contributed by atoms with Crippen molar-refractivity contribution in [1.82, 2.24) is 10.2 Å². The van der Waals surface area contributed by atoms with Crippen LogP contribution in [0.15, 0.2) is 54.6 Å². The zero-order valence-corrected chi connectivity index (χ0v) is 15.8. The van der Waals surface area contributed by atoms with Gasteiger partial charge in [0.15, 0.2) is 12.4 Å². The molecule has 29 heavy (non-hydrogen) atoms. The molecular formula is C20H15N5O3S. The molecule has 1 aliphatic heterocycles. The van der Waals surface area contributed by atoms with Crippen molar-refractivity contribution in [3.05, 3.63) is 54.6 Å². The van der Waals surface area contributed by atoms with Crippen LogP contribution in [-0.2, 0) is 4.79 Å². The summed E-state index contributed by atoms with van der Waals surface area (Å²) in [5.41, 5.74) is 1.95. The molecule has 0 aliphatic carbocycles. The van der Waals surface area contributed by atoms with Crippen molar-refractivity contribution in [2.75, 3.05) is 22.6 Å². The number of ether oxygens (including phenoxy) is 1. The molecule has 2 aromatic heterocycles. The number of nitrogens with one attached hydrogen (secondary N) is 4. The van der Waals surface area contributed by atoms with Gasteiger partial charge in [0.2, 0.25) is 0 Å². The maximum atomic E-state index is 12.3. The van der Waals surface area contributed by atoms with Crippen LogP contribution < -0.4 is 20.7 Å². The summed E-state index contributed by atoms with van der Waals surface area (Å²) < 4.78 is 6.54. The molecule has 144 valence electrons. The summed E-state index contributed by atoms with van der Waals surface area (Å²) >= 11 is 1.66. The van der Waals surface area contributed by atoms with Crippen molar-refractivity contribution in [2.45, 2.75) is 0 Å². The van der Waals surface area contributed by atoms with E-state index in [1.54, 1.807) is 35.6 Å². The fourth-order valence-corrected chi connectivity index (χ4v) is 4.09. The molecule has 0 bridgehead atoms. The van der Waals surface area contributed by atoms with Crippen molar-refractivity contribution in [3.8, 4) is 16.3 Å². The molecule has 9 heteroatoms. The second-order valence-electron chi connectivity index (χ2n) is 6.44. The van der Waals surface area contributed by atoms with Gasteiger partial charge in [0, 0.05) is 22.5 Å². The number of benzene rings is 2. The number of amides is 3. The smallest absolute Gasteiger partial charge is 0.324 e.